The van der Waals surface area contributed by atoms with Crippen LogP contribution in [0.5, 0.6) is 0 Å². The minimum absolute atomic E-state index is 0.0878. The van der Waals surface area contributed by atoms with Gasteiger partial charge in [0.15, 0.2) is 0 Å². The Morgan fingerprint density at radius 1 is 1.16 bits per heavy atom. The molecule has 1 aliphatic carbocycles. The normalized spacial score (nSPS) is 22.1. The number of nitrogens with one attached hydrogen (secondary N) is 1. The quantitative estimate of drug-likeness (QED) is 0.602. The average molecular weight is 430 g/mol. The van der Waals surface area contributed by atoms with Crippen LogP contribution >= 0.6 is 0 Å². The van der Waals surface area contributed by atoms with Gasteiger partial charge in [-0.15, -0.1) is 0 Å². The summed E-state index contributed by atoms with van der Waals surface area (Å²) in [5.74, 6) is 0.576. The Morgan fingerprint density at radius 2 is 1.94 bits per heavy atom. The predicted molar refractivity (Wildman–Crippen MR) is 129 cm³/mol. The molecule has 5 rings (SSSR count). The standard InChI is InChI=1S/C26H31N5O/c1-16-10-17(2)29-24(16)12-23-22-9-6-19(20-13-28-30(3)15-20)11-25(22)31(26(23)32)14-18-4-7-21(27)8-5-18/h6,9-13,15,18,21,29H,4-5,7-8,14,27H2,1-3H3/b23-12-. The minimum atomic E-state index is 0.0878. The largest absolute Gasteiger partial charge is 0.359 e. The number of fused-ring (bicyclic) bond motifs is 1. The highest BCUT2D eigenvalue weighted by Crippen LogP contribution is 2.41. The Morgan fingerprint density at radius 3 is 2.59 bits per heavy atom. The fourth-order valence-electron chi connectivity index (χ4n) is 5.10. The lowest BCUT2D eigenvalue weighted by Crippen LogP contribution is -2.36. The van der Waals surface area contributed by atoms with Crippen LogP contribution in [0.2, 0.25) is 0 Å². The third kappa shape index (κ3) is 3.79. The van der Waals surface area contributed by atoms with E-state index in [1.54, 1.807) is 4.68 Å². The number of aromatic nitrogens is 3. The lowest BCUT2D eigenvalue weighted by Gasteiger charge is -2.30. The number of nitrogens with zero attached hydrogens (tertiary/aromatic N) is 3. The number of amides is 1. The third-order valence-electron chi connectivity index (χ3n) is 6.90. The zero-order valence-electron chi connectivity index (χ0n) is 19.1. The van der Waals surface area contributed by atoms with Crippen molar-refractivity contribution >= 4 is 23.2 Å². The monoisotopic (exact) mass is 429 g/mol. The molecular weight excluding hydrogens is 398 g/mol. The minimum Gasteiger partial charge on any atom is -0.359 e. The second kappa shape index (κ2) is 8.10. The molecule has 0 radical (unpaired) electrons. The zero-order chi connectivity index (χ0) is 22.4. The number of carbonyl (C=O) groups excluding carboxylic acids is 1. The van der Waals surface area contributed by atoms with Gasteiger partial charge in [0.1, 0.15) is 0 Å². The van der Waals surface area contributed by atoms with Gasteiger partial charge >= 0.3 is 0 Å². The number of anilines is 1. The number of rotatable bonds is 4. The van der Waals surface area contributed by atoms with E-state index in [2.05, 4.69) is 41.3 Å². The molecule has 1 saturated carbocycles. The first-order valence-electron chi connectivity index (χ1n) is 11.5. The molecule has 6 heteroatoms. The second-order valence-electron chi connectivity index (χ2n) is 9.44. The van der Waals surface area contributed by atoms with Crippen molar-refractivity contribution in [1.29, 1.82) is 0 Å². The molecule has 0 unspecified atom stereocenters. The molecule has 32 heavy (non-hydrogen) atoms. The van der Waals surface area contributed by atoms with Crippen molar-refractivity contribution in [2.75, 3.05) is 11.4 Å². The smallest absolute Gasteiger partial charge is 0.259 e. The summed E-state index contributed by atoms with van der Waals surface area (Å²) in [5.41, 5.74) is 14.3. The summed E-state index contributed by atoms with van der Waals surface area (Å²) in [7, 11) is 1.92. The molecule has 3 aromatic rings. The van der Waals surface area contributed by atoms with Gasteiger partial charge in [0.05, 0.1) is 17.5 Å². The molecule has 1 amide bonds. The number of benzene rings is 1. The number of nitrogens with two attached hydrogens (primary N) is 1. The van der Waals surface area contributed by atoms with Gasteiger partial charge in [0, 0.05) is 48.3 Å². The van der Waals surface area contributed by atoms with Crippen molar-refractivity contribution in [2.24, 2.45) is 18.7 Å². The van der Waals surface area contributed by atoms with Crippen LogP contribution in [0, 0.1) is 19.8 Å². The van der Waals surface area contributed by atoms with Gasteiger partial charge in [0.25, 0.3) is 5.91 Å². The molecule has 0 atom stereocenters. The summed E-state index contributed by atoms with van der Waals surface area (Å²) in [6.07, 6.45) is 10.1. The second-order valence-corrected chi connectivity index (χ2v) is 9.44. The topological polar surface area (TPSA) is 79.9 Å². The molecule has 1 fully saturated rings. The van der Waals surface area contributed by atoms with E-state index in [1.165, 1.54) is 0 Å². The van der Waals surface area contributed by atoms with Crippen molar-refractivity contribution < 1.29 is 4.79 Å². The third-order valence-corrected chi connectivity index (χ3v) is 6.90. The van der Waals surface area contributed by atoms with E-state index in [1.807, 2.05) is 37.3 Å². The van der Waals surface area contributed by atoms with Gasteiger partial charge in [0.2, 0.25) is 0 Å². The Balaban J connectivity index is 1.55. The molecule has 1 aliphatic heterocycles. The maximum absolute atomic E-state index is 13.7. The van der Waals surface area contributed by atoms with E-state index in [9.17, 15) is 4.79 Å². The van der Waals surface area contributed by atoms with Crippen molar-refractivity contribution in [2.45, 2.75) is 45.6 Å². The van der Waals surface area contributed by atoms with Crippen LogP contribution in [0.3, 0.4) is 0 Å². The van der Waals surface area contributed by atoms with Crippen LogP contribution < -0.4 is 10.6 Å². The van der Waals surface area contributed by atoms with Crippen LogP contribution in [0.15, 0.2) is 36.7 Å². The number of H-pyrrole nitrogens is 1. The van der Waals surface area contributed by atoms with Gasteiger partial charge in [-0.3, -0.25) is 9.48 Å². The lowest BCUT2D eigenvalue weighted by atomic mass is 9.86. The molecule has 0 spiro atoms. The summed E-state index contributed by atoms with van der Waals surface area (Å²) < 4.78 is 1.80. The highest BCUT2D eigenvalue weighted by molar-refractivity contribution is 6.36. The Bertz CT molecular complexity index is 1190. The van der Waals surface area contributed by atoms with Crippen LogP contribution in [-0.2, 0) is 11.8 Å². The summed E-state index contributed by atoms with van der Waals surface area (Å²) >= 11 is 0. The number of aryl methyl sites for hydroxylation is 3. The van der Waals surface area contributed by atoms with Gasteiger partial charge in [-0.25, -0.2) is 0 Å². The maximum Gasteiger partial charge on any atom is 0.259 e. The first-order valence-corrected chi connectivity index (χ1v) is 11.5. The van der Waals surface area contributed by atoms with E-state index in [4.69, 9.17) is 5.73 Å². The maximum atomic E-state index is 13.7. The average Bonchev–Trinajstić information content (AvgIpc) is 3.41. The molecule has 3 heterocycles. The molecule has 2 aromatic heterocycles. The predicted octanol–water partition coefficient (Wildman–Crippen LogP) is 4.44. The summed E-state index contributed by atoms with van der Waals surface area (Å²) in [5, 5.41) is 4.31. The molecule has 0 saturated heterocycles. The molecule has 1 aromatic carbocycles. The van der Waals surface area contributed by atoms with Gasteiger partial charge in [-0.05, 0) is 74.8 Å². The van der Waals surface area contributed by atoms with Gasteiger partial charge in [-0.1, -0.05) is 12.1 Å². The van der Waals surface area contributed by atoms with E-state index in [0.717, 1.165) is 77.1 Å². The Hall–Kier alpha value is -3.12. The van der Waals surface area contributed by atoms with Gasteiger partial charge in [-0.2, -0.15) is 5.10 Å². The molecule has 166 valence electrons. The Labute approximate surface area is 189 Å². The molecular formula is C26H31N5O. The van der Waals surface area contributed by atoms with E-state index < -0.39 is 0 Å². The highest BCUT2D eigenvalue weighted by Gasteiger charge is 2.35. The van der Waals surface area contributed by atoms with Crippen LogP contribution in [-0.4, -0.2) is 33.3 Å². The molecule has 6 nitrogen and oxygen atoms in total. The lowest BCUT2D eigenvalue weighted by molar-refractivity contribution is -0.113. The summed E-state index contributed by atoms with van der Waals surface area (Å²) in [4.78, 5) is 19.1. The fraction of sp³-hybridized carbons (Fsp3) is 0.385. The SMILES string of the molecule is Cc1cc(C)c(/C=C2\C(=O)N(CC3CCC(N)CC3)c3cc(-c4cnn(C)c4)ccc32)[nH]1. The van der Waals surface area contributed by atoms with Crippen molar-refractivity contribution in [3.05, 3.63) is 59.2 Å². The van der Waals surface area contributed by atoms with Crippen molar-refractivity contribution in [3.63, 3.8) is 0 Å². The number of hydrogen-bond acceptors (Lipinski definition) is 3. The summed E-state index contributed by atoms with van der Waals surface area (Å²) in [6.45, 7) is 4.86. The van der Waals surface area contributed by atoms with E-state index in [-0.39, 0.29) is 5.91 Å². The molecule has 0 bridgehead atoms. The van der Waals surface area contributed by atoms with Crippen LogP contribution in [0.1, 0.15) is 48.2 Å². The number of hydrogen-bond donors (Lipinski definition) is 2. The van der Waals surface area contributed by atoms with Gasteiger partial charge < -0.3 is 15.6 Å². The molecule has 3 N–H and O–H groups in total. The summed E-state index contributed by atoms with van der Waals surface area (Å²) in [6, 6.07) is 8.74. The first kappa shape index (κ1) is 20.8. The number of aromatic amines is 1. The van der Waals surface area contributed by atoms with E-state index >= 15 is 0 Å². The van der Waals surface area contributed by atoms with E-state index in [0.29, 0.717) is 12.0 Å². The fourth-order valence-corrected chi connectivity index (χ4v) is 5.10. The van der Waals surface area contributed by atoms with Crippen molar-refractivity contribution in [1.82, 2.24) is 14.8 Å². The van der Waals surface area contributed by atoms with Crippen molar-refractivity contribution in [3.8, 4) is 11.1 Å². The highest BCUT2D eigenvalue weighted by atomic mass is 16.2. The first-order chi connectivity index (χ1) is 15.4. The van der Waals surface area contributed by atoms with Crippen LogP contribution in [0.4, 0.5) is 5.69 Å². The molecule has 2 aliphatic rings. The van der Waals surface area contributed by atoms with Crippen LogP contribution in [0.25, 0.3) is 22.8 Å². The number of carbonyl (C=O) groups is 1. The Kier molecular flexibility index (Phi) is 5.25. The zero-order valence-corrected chi connectivity index (χ0v) is 19.1.